The number of para-hydroxylation sites is 2. The molecule has 0 aliphatic carbocycles. The number of hydrogen-bond donors (Lipinski definition) is 0. The number of fused-ring (bicyclic) bond motifs is 1. The smallest absolute Gasteiger partial charge is 0.343 e. The molecular formula is C31H24N4O8. The van der Waals surface area contributed by atoms with Gasteiger partial charge in [0.2, 0.25) is 5.75 Å². The van der Waals surface area contributed by atoms with Crippen LogP contribution in [-0.2, 0) is 0 Å². The minimum absolute atomic E-state index is 0.122. The molecule has 5 rings (SSSR count). The first-order valence-corrected chi connectivity index (χ1v) is 12.8. The molecule has 0 unspecified atom stereocenters. The van der Waals surface area contributed by atoms with Crippen molar-refractivity contribution in [2.45, 2.75) is 0 Å². The Morgan fingerprint density at radius 2 is 1.53 bits per heavy atom. The predicted molar refractivity (Wildman–Crippen MR) is 159 cm³/mol. The third-order valence-corrected chi connectivity index (χ3v) is 6.42. The highest BCUT2D eigenvalue weighted by Crippen LogP contribution is 2.40. The van der Waals surface area contributed by atoms with Gasteiger partial charge in [-0.05, 0) is 48.5 Å². The minimum Gasteiger partial charge on any atom is -0.493 e. The quantitative estimate of drug-likeness (QED) is 0.0764. The number of non-ortho nitro benzene ring substituents is 1. The van der Waals surface area contributed by atoms with Gasteiger partial charge in [0.1, 0.15) is 5.75 Å². The van der Waals surface area contributed by atoms with E-state index in [9.17, 15) is 19.7 Å². The molecule has 5 aromatic rings. The second kappa shape index (κ2) is 12.2. The topological polar surface area (TPSA) is 144 Å². The van der Waals surface area contributed by atoms with Crippen molar-refractivity contribution < 1.29 is 28.7 Å². The maximum atomic E-state index is 13.7. The van der Waals surface area contributed by atoms with Gasteiger partial charge in [0.05, 0.1) is 48.9 Å². The van der Waals surface area contributed by atoms with Gasteiger partial charge in [-0.15, -0.1) is 0 Å². The van der Waals surface area contributed by atoms with Gasteiger partial charge in [0, 0.05) is 23.3 Å². The first-order chi connectivity index (χ1) is 20.8. The number of nitro groups is 1. The van der Waals surface area contributed by atoms with Crippen molar-refractivity contribution in [3.8, 4) is 34.4 Å². The molecule has 0 atom stereocenters. The third-order valence-electron chi connectivity index (χ3n) is 6.42. The van der Waals surface area contributed by atoms with E-state index in [0.29, 0.717) is 39.3 Å². The summed E-state index contributed by atoms with van der Waals surface area (Å²) in [5, 5.41) is 15.7. The van der Waals surface area contributed by atoms with Crippen molar-refractivity contribution in [3.63, 3.8) is 0 Å². The van der Waals surface area contributed by atoms with E-state index in [2.05, 4.69) is 5.10 Å². The normalized spacial score (nSPS) is 11.0. The highest BCUT2D eigenvalue weighted by atomic mass is 16.6. The molecule has 12 nitrogen and oxygen atoms in total. The molecular weight excluding hydrogens is 556 g/mol. The number of nitrogens with zero attached hydrogens (tertiary/aromatic N) is 4. The molecule has 4 aromatic carbocycles. The Morgan fingerprint density at radius 1 is 0.884 bits per heavy atom. The van der Waals surface area contributed by atoms with Gasteiger partial charge in [-0.3, -0.25) is 14.9 Å². The van der Waals surface area contributed by atoms with E-state index in [-0.39, 0.29) is 22.8 Å². The van der Waals surface area contributed by atoms with Gasteiger partial charge >= 0.3 is 5.97 Å². The molecule has 0 amide bonds. The molecule has 0 spiro atoms. The highest BCUT2D eigenvalue weighted by Gasteiger charge is 2.19. The number of methoxy groups -OCH3 is 3. The van der Waals surface area contributed by atoms with Gasteiger partial charge in [-0.2, -0.15) is 9.78 Å². The Hall–Kier alpha value is -6.04. The summed E-state index contributed by atoms with van der Waals surface area (Å²) in [4.78, 5) is 41.6. The van der Waals surface area contributed by atoms with Gasteiger partial charge < -0.3 is 18.9 Å². The molecule has 0 saturated carbocycles. The zero-order valence-corrected chi connectivity index (χ0v) is 23.2. The lowest BCUT2D eigenvalue weighted by Gasteiger charge is -2.15. The van der Waals surface area contributed by atoms with E-state index in [1.807, 2.05) is 0 Å². The number of rotatable bonds is 9. The van der Waals surface area contributed by atoms with Crippen LogP contribution in [0.3, 0.4) is 0 Å². The number of carbonyl (C=O) groups is 1. The number of nitro benzene ring substituents is 1. The maximum Gasteiger partial charge on any atom is 0.343 e. The van der Waals surface area contributed by atoms with E-state index in [1.165, 1.54) is 51.8 Å². The fourth-order valence-corrected chi connectivity index (χ4v) is 4.31. The number of carbonyl (C=O) groups excluding carboxylic acids is 1. The highest BCUT2D eigenvalue weighted by molar-refractivity contribution is 5.93. The maximum absolute atomic E-state index is 13.7. The first-order valence-electron chi connectivity index (χ1n) is 12.8. The SMILES string of the molecule is COc1cc(-c2nc3ccccc3c(=O)n2N=Cc2ccccc2OC(=O)c2ccc([N+](=O)[O-])cc2)cc(OC)c1OC. The molecule has 12 heteroatoms. The van der Waals surface area contributed by atoms with Crippen molar-refractivity contribution in [1.29, 1.82) is 0 Å². The lowest BCUT2D eigenvalue weighted by atomic mass is 10.1. The predicted octanol–water partition coefficient (Wildman–Crippen LogP) is 5.10. The van der Waals surface area contributed by atoms with Crippen LogP contribution < -0.4 is 24.5 Å². The number of aromatic nitrogens is 2. The summed E-state index contributed by atoms with van der Waals surface area (Å²) < 4.78 is 23.1. The molecule has 0 fully saturated rings. The van der Waals surface area contributed by atoms with Crippen LogP contribution in [-0.4, -0.2) is 48.1 Å². The second-order valence-corrected chi connectivity index (χ2v) is 8.96. The summed E-state index contributed by atoms with van der Waals surface area (Å²) >= 11 is 0. The van der Waals surface area contributed by atoms with Crippen LogP contribution in [0.2, 0.25) is 0 Å². The van der Waals surface area contributed by atoms with Crippen molar-refractivity contribution in [1.82, 2.24) is 9.66 Å². The fourth-order valence-electron chi connectivity index (χ4n) is 4.31. The van der Waals surface area contributed by atoms with E-state index in [4.69, 9.17) is 23.9 Å². The number of benzene rings is 4. The van der Waals surface area contributed by atoms with E-state index in [1.54, 1.807) is 60.7 Å². The van der Waals surface area contributed by atoms with Crippen molar-refractivity contribution in [2.24, 2.45) is 5.10 Å². The van der Waals surface area contributed by atoms with Crippen molar-refractivity contribution in [3.05, 3.63) is 117 Å². The fraction of sp³-hybridized carbons (Fsp3) is 0.0968. The first kappa shape index (κ1) is 28.5. The lowest BCUT2D eigenvalue weighted by Crippen LogP contribution is -2.20. The summed E-state index contributed by atoms with van der Waals surface area (Å²) in [5.74, 6) is 0.718. The molecule has 0 saturated heterocycles. The molecule has 0 radical (unpaired) electrons. The minimum atomic E-state index is -0.724. The molecule has 0 aliphatic heterocycles. The van der Waals surface area contributed by atoms with Gasteiger partial charge in [-0.1, -0.05) is 24.3 Å². The van der Waals surface area contributed by atoms with Crippen LogP contribution in [0.5, 0.6) is 23.0 Å². The second-order valence-electron chi connectivity index (χ2n) is 8.96. The van der Waals surface area contributed by atoms with Crippen LogP contribution in [0, 0.1) is 10.1 Å². The molecule has 1 aromatic heterocycles. The van der Waals surface area contributed by atoms with Gasteiger partial charge in [-0.25, -0.2) is 9.78 Å². The van der Waals surface area contributed by atoms with E-state index < -0.39 is 16.5 Å². The zero-order valence-electron chi connectivity index (χ0n) is 23.2. The molecule has 1 heterocycles. The molecule has 216 valence electrons. The molecule has 0 bridgehead atoms. The summed E-state index contributed by atoms with van der Waals surface area (Å²) in [6.45, 7) is 0. The largest absolute Gasteiger partial charge is 0.493 e. The van der Waals surface area contributed by atoms with Gasteiger partial charge in [0.25, 0.3) is 11.2 Å². The summed E-state index contributed by atoms with van der Waals surface area (Å²) in [6, 6.07) is 21.8. The van der Waals surface area contributed by atoms with Crippen LogP contribution in [0.15, 0.2) is 94.8 Å². The summed E-state index contributed by atoms with van der Waals surface area (Å²) in [5.41, 5.74) is 0.838. The van der Waals surface area contributed by atoms with Crippen LogP contribution in [0.4, 0.5) is 5.69 Å². The van der Waals surface area contributed by atoms with Crippen molar-refractivity contribution in [2.75, 3.05) is 21.3 Å². The summed E-state index contributed by atoms with van der Waals surface area (Å²) in [7, 11) is 4.45. The number of hydrogen-bond acceptors (Lipinski definition) is 10. The van der Waals surface area contributed by atoms with Crippen molar-refractivity contribution >= 4 is 28.8 Å². The number of esters is 1. The van der Waals surface area contributed by atoms with Crippen LogP contribution in [0.25, 0.3) is 22.3 Å². The van der Waals surface area contributed by atoms with E-state index in [0.717, 1.165) is 4.68 Å². The lowest BCUT2D eigenvalue weighted by molar-refractivity contribution is -0.384. The van der Waals surface area contributed by atoms with Crippen LogP contribution >= 0.6 is 0 Å². The number of ether oxygens (including phenoxy) is 4. The average molecular weight is 581 g/mol. The van der Waals surface area contributed by atoms with Gasteiger partial charge in [0.15, 0.2) is 17.3 Å². The Bertz CT molecular complexity index is 1910. The Kier molecular flexibility index (Phi) is 8.10. The molecule has 43 heavy (non-hydrogen) atoms. The Labute approximate surface area is 244 Å². The third kappa shape index (κ3) is 5.75. The standard InChI is InChI=1S/C31H24N4O8/c1-40-26-16-21(17-27(41-2)28(26)42-3)29-33-24-10-6-5-9-23(24)30(36)34(29)32-18-20-8-4-7-11-25(20)43-31(37)19-12-14-22(15-13-19)35(38)39/h4-18H,1-3H3. The molecule has 0 aliphatic rings. The Balaban J connectivity index is 1.58. The van der Waals surface area contributed by atoms with E-state index >= 15 is 0 Å². The Morgan fingerprint density at radius 3 is 2.19 bits per heavy atom. The monoisotopic (exact) mass is 580 g/mol. The zero-order chi connectivity index (χ0) is 30.5. The molecule has 0 N–H and O–H groups in total. The van der Waals surface area contributed by atoms with Crippen LogP contribution in [0.1, 0.15) is 15.9 Å². The summed E-state index contributed by atoms with van der Waals surface area (Å²) in [6.07, 6.45) is 1.37. The average Bonchev–Trinajstić information content (AvgIpc) is 3.04.